The number of benzene rings is 1. The van der Waals surface area contributed by atoms with Crippen LogP contribution in [-0.4, -0.2) is 18.2 Å². The molecule has 3 heteroatoms. The summed E-state index contributed by atoms with van der Waals surface area (Å²) in [5.74, 6) is -0.619. The van der Waals surface area contributed by atoms with E-state index in [1.807, 2.05) is 32.0 Å². The zero-order valence-corrected chi connectivity index (χ0v) is 9.28. The van der Waals surface area contributed by atoms with Crippen LogP contribution in [0.1, 0.15) is 29.7 Å². The molecule has 1 aromatic rings. The monoisotopic (exact) mass is 208 g/mol. The van der Waals surface area contributed by atoms with Gasteiger partial charge >= 0.3 is 5.97 Å². The van der Waals surface area contributed by atoms with Crippen LogP contribution in [-0.2, 0) is 16.0 Å². The van der Waals surface area contributed by atoms with Crippen LogP contribution in [0.5, 0.6) is 0 Å². The molecule has 0 aliphatic heterocycles. The Morgan fingerprint density at radius 1 is 1.53 bits per heavy atom. The highest BCUT2D eigenvalue weighted by atomic mass is 16.5. The molecule has 1 unspecified atom stereocenters. The van der Waals surface area contributed by atoms with Gasteiger partial charge < -0.3 is 9.84 Å². The lowest BCUT2D eigenvalue weighted by atomic mass is 9.99. The van der Waals surface area contributed by atoms with Gasteiger partial charge in [-0.05, 0) is 30.0 Å². The van der Waals surface area contributed by atoms with Gasteiger partial charge in [-0.2, -0.15) is 0 Å². The molecule has 0 radical (unpaired) electrons. The highest BCUT2D eigenvalue weighted by Crippen LogP contribution is 2.20. The third-order valence-corrected chi connectivity index (χ3v) is 2.47. The Morgan fingerprint density at radius 2 is 2.20 bits per heavy atom. The summed E-state index contributed by atoms with van der Waals surface area (Å²) in [6, 6.07) is 5.74. The van der Waals surface area contributed by atoms with Crippen molar-refractivity contribution in [1.82, 2.24) is 0 Å². The average molecular weight is 208 g/mol. The first kappa shape index (κ1) is 11.7. The summed E-state index contributed by atoms with van der Waals surface area (Å²) >= 11 is 0. The van der Waals surface area contributed by atoms with E-state index in [0.717, 1.165) is 17.5 Å². The molecule has 0 aliphatic rings. The fraction of sp³-hybridized carbons (Fsp3) is 0.417. The summed E-state index contributed by atoms with van der Waals surface area (Å²) in [7, 11) is 1.27. The summed E-state index contributed by atoms with van der Waals surface area (Å²) in [6.45, 7) is 3.89. The van der Waals surface area contributed by atoms with Crippen molar-refractivity contribution in [1.29, 1.82) is 0 Å². The van der Waals surface area contributed by atoms with Crippen LogP contribution in [0.3, 0.4) is 0 Å². The number of carbonyl (C=O) groups is 1. The molecule has 0 fully saturated rings. The molecule has 0 aliphatic carbocycles. The third-order valence-electron chi connectivity index (χ3n) is 2.47. The van der Waals surface area contributed by atoms with E-state index in [4.69, 9.17) is 0 Å². The van der Waals surface area contributed by atoms with Crippen LogP contribution >= 0.6 is 0 Å². The number of hydrogen-bond acceptors (Lipinski definition) is 3. The fourth-order valence-electron chi connectivity index (χ4n) is 1.44. The molecule has 82 valence electrons. The maximum absolute atomic E-state index is 11.2. The first-order chi connectivity index (χ1) is 7.10. The van der Waals surface area contributed by atoms with E-state index in [1.54, 1.807) is 0 Å². The van der Waals surface area contributed by atoms with Gasteiger partial charge in [0.25, 0.3) is 0 Å². The Bertz CT molecular complexity index is 358. The lowest BCUT2D eigenvalue weighted by molar-refractivity contribution is -0.150. The summed E-state index contributed by atoms with van der Waals surface area (Å²) in [4.78, 5) is 11.2. The van der Waals surface area contributed by atoms with Gasteiger partial charge in [0.2, 0.25) is 0 Å². The van der Waals surface area contributed by atoms with E-state index in [0.29, 0.717) is 5.56 Å². The van der Waals surface area contributed by atoms with Gasteiger partial charge in [0.1, 0.15) is 0 Å². The molecule has 1 N–H and O–H groups in total. The number of esters is 1. The molecule has 0 bridgehead atoms. The SMILES string of the molecule is CCc1ccc(C)c(C(O)C(=O)OC)c1. The minimum atomic E-state index is -1.18. The zero-order valence-electron chi connectivity index (χ0n) is 9.28. The van der Waals surface area contributed by atoms with E-state index in [-0.39, 0.29) is 0 Å². The number of methoxy groups -OCH3 is 1. The van der Waals surface area contributed by atoms with E-state index in [2.05, 4.69) is 4.74 Å². The third kappa shape index (κ3) is 2.57. The van der Waals surface area contributed by atoms with Crippen molar-refractivity contribution in [3.05, 3.63) is 34.9 Å². The zero-order chi connectivity index (χ0) is 11.4. The molecule has 0 saturated carbocycles. The fourth-order valence-corrected chi connectivity index (χ4v) is 1.44. The summed E-state index contributed by atoms with van der Waals surface area (Å²) < 4.78 is 4.51. The van der Waals surface area contributed by atoms with Crippen LogP contribution in [0, 0.1) is 6.92 Å². The Labute approximate surface area is 89.7 Å². The van der Waals surface area contributed by atoms with Crippen LogP contribution in [0.4, 0.5) is 0 Å². The van der Waals surface area contributed by atoms with Crippen molar-refractivity contribution in [2.24, 2.45) is 0 Å². The maximum atomic E-state index is 11.2. The van der Waals surface area contributed by atoms with Gasteiger partial charge in [0.05, 0.1) is 7.11 Å². The molecule has 0 heterocycles. The van der Waals surface area contributed by atoms with Crippen molar-refractivity contribution in [3.63, 3.8) is 0 Å². The number of carbonyl (C=O) groups excluding carboxylic acids is 1. The molecule has 15 heavy (non-hydrogen) atoms. The van der Waals surface area contributed by atoms with Gasteiger partial charge in [-0.15, -0.1) is 0 Å². The predicted molar refractivity (Wildman–Crippen MR) is 57.5 cm³/mol. The first-order valence-corrected chi connectivity index (χ1v) is 4.95. The molecule has 1 aromatic carbocycles. The molecule has 0 saturated heterocycles. The summed E-state index contributed by atoms with van der Waals surface area (Å²) in [6.07, 6.45) is -0.303. The number of aliphatic hydroxyl groups excluding tert-OH is 1. The Morgan fingerprint density at radius 3 is 2.73 bits per heavy atom. The molecular weight excluding hydrogens is 192 g/mol. The quantitative estimate of drug-likeness (QED) is 0.770. The molecule has 3 nitrogen and oxygen atoms in total. The average Bonchev–Trinajstić information content (AvgIpc) is 2.27. The predicted octanol–water partition coefficient (Wildman–Crippen LogP) is 1.76. The Hall–Kier alpha value is -1.35. The highest BCUT2D eigenvalue weighted by Gasteiger charge is 2.19. The second-order valence-corrected chi connectivity index (χ2v) is 3.47. The van der Waals surface area contributed by atoms with Crippen molar-refractivity contribution in [2.75, 3.05) is 7.11 Å². The molecule has 1 atom stereocenters. The number of aliphatic hydroxyl groups is 1. The van der Waals surface area contributed by atoms with E-state index >= 15 is 0 Å². The lowest BCUT2D eigenvalue weighted by Crippen LogP contribution is -2.14. The van der Waals surface area contributed by atoms with Crippen molar-refractivity contribution in [2.45, 2.75) is 26.4 Å². The minimum Gasteiger partial charge on any atom is -0.467 e. The van der Waals surface area contributed by atoms with Gasteiger partial charge in [-0.3, -0.25) is 0 Å². The number of aryl methyl sites for hydroxylation is 2. The number of ether oxygens (including phenoxy) is 1. The minimum absolute atomic E-state index is 0.619. The topological polar surface area (TPSA) is 46.5 Å². The van der Waals surface area contributed by atoms with Gasteiger partial charge in [-0.25, -0.2) is 4.79 Å². The van der Waals surface area contributed by atoms with Crippen LogP contribution in [0.2, 0.25) is 0 Å². The molecule has 0 amide bonds. The smallest absolute Gasteiger partial charge is 0.339 e. The van der Waals surface area contributed by atoms with E-state index < -0.39 is 12.1 Å². The van der Waals surface area contributed by atoms with Gasteiger partial charge in [-0.1, -0.05) is 25.1 Å². The summed E-state index contributed by atoms with van der Waals surface area (Å²) in [5, 5.41) is 9.72. The Kier molecular flexibility index (Phi) is 3.86. The largest absolute Gasteiger partial charge is 0.467 e. The first-order valence-electron chi connectivity index (χ1n) is 4.95. The van der Waals surface area contributed by atoms with Crippen molar-refractivity contribution >= 4 is 5.97 Å². The van der Waals surface area contributed by atoms with Crippen LogP contribution in [0.25, 0.3) is 0 Å². The second kappa shape index (κ2) is 4.94. The van der Waals surface area contributed by atoms with Crippen molar-refractivity contribution in [3.8, 4) is 0 Å². The van der Waals surface area contributed by atoms with Crippen LogP contribution < -0.4 is 0 Å². The molecule has 0 spiro atoms. The second-order valence-electron chi connectivity index (χ2n) is 3.47. The van der Waals surface area contributed by atoms with E-state index in [1.165, 1.54) is 7.11 Å². The maximum Gasteiger partial charge on any atom is 0.339 e. The van der Waals surface area contributed by atoms with Gasteiger partial charge in [0, 0.05) is 0 Å². The van der Waals surface area contributed by atoms with Gasteiger partial charge in [0.15, 0.2) is 6.10 Å². The molecule has 1 rings (SSSR count). The summed E-state index contributed by atoms with van der Waals surface area (Å²) in [5.41, 5.74) is 2.62. The highest BCUT2D eigenvalue weighted by molar-refractivity contribution is 5.76. The molecule has 0 aromatic heterocycles. The number of hydrogen-bond donors (Lipinski definition) is 1. The standard InChI is InChI=1S/C12H16O3/c1-4-9-6-5-8(2)10(7-9)11(13)12(14)15-3/h5-7,11,13H,4H2,1-3H3. The lowest BCUT2D eigenvalue weighted by Gasteiger charge is -2.12. The van der Waals surface area contributed by atoms with Crippen LogP contribution in [0.15, 0.2) is 18.2 Å². The normalized spacial score (nSPS) is 12.3. The Balaban J connectivity index is 3.06. The molecular formula is C12H16O3. The number of rotatable bonds is 3. The van der Waals surface area contributed by atoms with E-state index in [9.17, 15) is 9.90 Å². The van der Waals surface area contributed by atoms with Crippen molar-refractivity contribution < 1.29 is 14.6 Å².